The van der Waals surface area contributed by atoms with E-state index < -0.39 is 14.0 Å². The molecule has 0 aromatic heterocycles. The average molecular weight is 294 g/mol. The Bertz CT molecular complexity index is 417. The number of rotatable bonds is 3. The predicted molar refractivity (Wildman–Crippen MR) is 83.8 cm³/mol. The summed E-state index contributed by atoms with van der Waals surface area (Å²) in [5, 5.41) is 0. The van der Waals surface area contributed by atoms with Crippen LogP contribution in [0.2, 0.25) is 0 Å². The van der Waals surface area contributed by atoms with E-state index in [1.165, 1.54) is 12.8 Å². The Morgan fingerprint density at radius 2 is 1.14 bits per heavy atom. The van der Waals surface area contributed by atoms with Gasteiger partial charge in [0, 0.05) is 0 Å². The lowest BCUT2D eigenvalue weighted by molar-refractivity contribution is -0.0194. The molecule has 0 radical (unpaired) electrons. The predicted octanol–water partition coefficient (Wildman–Crippen LogP) is 3.03. The van der Waals surface area contributed by atoms with E-state index in [2.05, 4.69) is 48.5 Å². The minimum Gasteiger partial charge on any atom is -0.405 e. The van der Waals surface area contributed by atoms with Crippen LogP contribution in [0.3, 0.4) is 0 Å². The Hall–Kier alpha value is -0.0301. The molecule has 1 saturated carbocycles. The SMILES string of the molecule is CC1(C)OB(B2OC(C)(C)C(C)(CC3CC3)O2)OC1(C)C. The monoisotopic (exact) mass is 294 g/mol. The van der Waals surface area contributed by atoms with Gasteiger partial charge in [-0.3, -0.25) is 0 Å². The third kappa shape index (κ3) is 2.58. The zero-order valence-corrected chi connectivity index (χ0v) is 14.5. The standard InChI is InChI=1S/C15H28B2O4/c1-12(2)13(3,4)19-16(18-12)17-20-14(5,6)15(7,21-17)10-11-8-9-11/h11H,8-10H2,1-7H3. The molecule has 0 N–H and O–H groups in total. The van der Waals surface area contributed by atoms with Crippen LogP contribution < -0.4 is 0 Å². The minimum atomic E-state index is -0.463. The lowest BCUT2D eigenvalue weighted by Crippen LogP contribution is -2.45. The highest BCUT2D eigenvalue weighted by molar-refractivity contribution is 7.11. The van der Waals surface area contributed by atoms with Crippen molar-refractivity contribution in [3.63, 3.8) is 0 Å². The average Bonchev–Trinajstić information content (AvgIpc) is 3.00. The summed E-state index contributed by atoms with van der Waals surface area (Å²) < 4.78 is 24.7. The quantitative estimate of drug-likeness (QED) is 0.750. The third-order valence-electron chi connectivity index (χ3n) is 5.93. The topological polar surface area (TPSA) is 36.9 Å². The van der Waals surface area contributed by atoms with Crippen LogP contribution in [-0.2, 0) is 18.6 Å². The molecule has 1 aliphatic carbocycles. The molecule has 0 spiro atoms. The van der Waals surface area contributed by atoms with E-state index in [1.54, 1.807) is 0 Å². The summed E-state index contributed by atoms with van der Waals surface area (Å²) in [6.45, 7) is 14.6. The molecule has 118 valence electrons. The van der Waals surface area contributed by atoms with Crippen molar-refractivity contribution >= 4 is 14.0 Å². The summed E-state index contributed by atoms with van der Waals surface area (Å²) in [5.74, 6) is 0.787. The second kappa shape index (κ2) is 4.50. The first kappa shape index (κ1) is 15.8. The Labute approximate surface area is 129 Å². The smallest absolute Gasteiger partial charge is 0.405 e. The maximum Gasteiger partial charge on any atom is 0.488 e. The van der Waals surface area contributed by atoms with E-state index in [9.17, 15) is 0 Å². The molecule has 2 heterocycles. The van der Waals surface area contributed by atoms with E-state index in [4.69, 9.17) is 18.6 Å². The molecule has 21 heavy (non-hydrogen) atoms. The molecule has 1 unspecified atom stereocenters. The summed E-state index contributed by atoms with van der Waals surface area (Å²) >= 11 is 0. The van der Waals surface area contributed by atoms with Gasteiger partial charge < -0.3 is 18.6 Å². The maximum absolute atomic E-state index is 6.31. The first-order valence-electron chi connectivity index (χ1n) is 8.17. The molecule has 6 heteroatoms. The van der Waals surface area contributed by atoms with Gasteiger partial charge in [0.1, 0.15) is 0 Å². The van der Waals surface area contributed by atoms with Crippen molar-refractivity contribution in [3.05, 3.63) is 0 Å². The largest absolute Gasteiger partial charge is 0.488 e. The molecule has 0 amide bonds. The van der Waals surface area contributed by atoms with E-state index >= 15 is 0 Å². The Balaban J connectivity index is 1.74. The molecule has 3 aliphatic rings. The highest BCUT2D eigenvalue weighted by atomic mass is 16.7. The molecule has 0 aromatic carbocycles. The molecule has 2 saturated heterocycles. The van der Waals surface area contributed by atoms with Crippen LogP contribution in [-0.4, -0.2) is 36.4 Å². The second-order valence-electron chi connectivity index (χ2n) is 8.62. The van der Waals surface area contributed by atoms with E-state index in [1.807, 2.05) is 0 Å². The summed E-state index contributed by atoms with van der Waals surface area (Å²) in [6.07, 6.45) is 3.68. The van der Waals surface area contributed by atoms with Crippen LogP contribution in [0.15, 0.2) is 0 Å². The summed E-state index contributed by atoms with van der Waals surface area (Å²) in [5.41, 5.74) is -1.32. The van der Waals surface area contributed by atoms with Gasteiger partial charge in [-0.25, -0.2) is 0 Å². The van der Waals surface area contributed by atoms with Crippen molar-refractivity contribution in [2.75, 3.05) is 0 Å². The van der Waals surface area contributed by atoms with Gasteiger partial charge in [-0.2, -0.15) is 0 Å². The van der Waals surface area contributed by atoms with Gasteiger partial charge in [0.05, 0.1) is 22.4 Å². The second-order valence-corrected chi connectivity index (χ2v) is 8.62. The molecule has 2 aliphatic heterocycles. The summed E-state index contributed by atoms with van der Waals surface area (Å²) in [7, 11) is -0.917. The van der Waals surface area contributed by atoms with Gasteiger partial charge in [0.25, 0.3) is 0 Å². The molecule has 0 aromatic rings. The first-order chi connectivity index (χ1) is 9.46. The van der Waals surface area contributed by atoms with Crippen molar-refractivity contribution in [2.45, 2.75) is 90.1 Å². The summed E-state index contributed by atoms with van der Waals surface area (Å²) in [6, 6.07) is 0. The number of hydrogen-bond donors (Lipinski definition) is 0. The van der Waals surface area contributed by atoms with Gasteiger partial charge in [-0.1, -0.05) is 12.8 Å². The Kier molecular flexibility index (Phi) is 3.40. The highest BCUT2D eigenvalue weighted by Crippen LogP contribution is 2.48. The van der Waals surface area contributed by atoms with Crippen molar-refractivity contribution < 1.29 is 18.6 Å². The van der Waals surface area contributed by atoms with Gasteiger partial charge in [0.15, 0.2) is 0 Å². The molecule has 3 rings (SSSR count). The van der Waals surface area contributed by atoms with Crippen LogP contribution in [0.25, 0.3) is 0 Å². The third-order valence-corrected chi connectivity index (χ3v) is 5.93. The van der Waals surface area contributed by atoms with Crippen LogP contribution in [0.5, 0.6) is 0 Å². The molecule has 0 bridgehead atoms. The fourth-order valence-electron chi connectivity index (χ4n) is 3.11. The van der Waals surface area contributed by atoms with Crippen molar-refractivity contribution in [3.8, 4) is 0 Å². The van der Waals surface area contributed by atoms with Gasteiger partial charge in [0.2, 0.25) is 0 Å². The van der Waals surface area contributed by atoms with Crippen molar-refractivity contribution in [2.24, 2.45) is 5.92 Å². The van der Waals surface area contributed by atoms with Crippen molar-refractivity contribution in [1.82, 2.24) is 0 Å². The van der Waals surface area contributed by atoms with Crippen LogP contribution in [0, 0.1) is 5.92 Å². The van der Waals surface area contributed by atoms with Gasteiger partial charge in [-0.15, -0.1) is 0 Å². The van der Waals surface area contributed by atoms with E-state index in [0.717, 1.165) is 12.3 Å². The summed E-state index contributed by atoms with van der Waals surface area (Å²) in [4.78, 5) is 0. The van der Waals surface area contributed by atoms with E-state index in [0.29, 0.717) is 0 Å². The molecule has 4 nitrogen and oxygen atoms in total. The van der Waals surface area contributed by atoms with Gasteiger partial charge >= 0.3 is 14.0 Å². The molecule has 3 fully saturated rings. The van der Waals surface area contributed by atoms with Crippen molar-refractivity contribution in [1.29, 1.82) is 0 Å². The normalized spacial score (nSPS) is 37.3. The zero-order chi connectivity index (χ0) is 15.7. The van der Waals surface area contributed by atoms with Crippen LogP contribution >= 0.6 is 0 Å². The van der Waals surface area contributed by atoms with Crippen LogP contribution in [0.4, 0.5) is 0 Å². The molecular weight excluding hydrogens is 266 g/mol. The fraction of sp³-hybridized carbons (Fsp3) is 1.00. The number of hydrogen-bond acceptors (Lipinski definition) is 4. The van der Waals surface area contributed by atoms with Gasteiger partial charge in [-0.05, 0) is 60.8 Å². The molecule has 1 atom stereocenters. The zero-order valence-electron chi connectivity index (χ0n) is 14.5. The highest BCUT2D eigenvalue weighted by Gasteiger charge is 2.65. The minimum absolute atomic E-state index is 0.275. The van der Waals surface area contributed by atoms with E-state index in [-0.39, 0.29) is 22.4 Å². The fourth-order valence-corrected chi connectivity index (χ4v) is 3.11. The lowest BCUT2D eigenvalue weighted by Gasteiger charge is -2.36. The first-order valence-corrected chi connectivity index (χ1v) is 8.17. The molecular formula is C15H28B2O4. The van der Waals surface area contributed by atoms with Crippen LogP contribution in [0.1, 0.15) is 67.7 Å². The Morgan fingerprint density at radius 3 is 1.62 bits per heavy atom. The lowest BCUT2D eigenvalue weighted by atomic mass is 9.49. The maximum atomic E-state index is 6.31. The Morgan fingerprint density at radius 1 is 0.714 bits per heavy atom.